The van der Waals surface area contributed by atoms with Crippen molar-refractivity contribution in [1.82, 2.24) is 10.2 Å². The van der Waals surface area contributed by atoms with Gasteiger partial charge in [0.1, 0.15) is 0 Å². The Balaban J connectivity index is 0.00000264. The van der Waals surface area contributed by atoms with E-state index >= 15 is 0 Å². The summed E-state index contributed by atoms with van der Waals surface area (Å²) < 4.78 is 5.20. The Morgan fingerprint density at radius 2 is 2.35 bits per heavy atom. The SMILES string of the molecule is CN=C(NCc1cccc([N+](=O)[O-])c1)N1CCC(COC)C1.I. The van der Waals surface area contributed by atoms with Crippen molar-refractivity contribution < 1.29 is 9.66 Å². The number of benzene rings is 1. The number of nitro groups is 1. The third kappa shape index (κ3) is 5.61. The largest absolute Gasteiger partial charge is 0.384 e. The average molecular weight is 434 g/mol. The number of halogens is 1. The molecule has 0 radical (unpaired) electrons. The quantitative estimate of drug-likeness (QED) is 0.253. The molecule has 0 aromatic heterocycles. The van der Waals surface area contributed by atoms with Gasteiger partial charge >= 0.3 is 0 Å². The first-order valence-corrected chi connectivity index (χ1v) is 7.32. The number of methoxy groups -OCH3 is 1. The van der Waals surface area contributed by atoms with E-state index in [0.29, 0.717) is 12.5 Å². The first-order chi connectivity index (χ1) is 10.6. The zero-order valence-corrected chi connectivity index (χ0v) is 15.7. The van der Waals surface area contributed by atoms with Crippen LogP contribution in [0.5, 0.6) is 0 Å². The molecule has 1 fully saturated rings. The summed E-state index contributed by atoms with van der Waals surface area (Å²) >= 11 is 0. The molecule has 1 saturated heterocycles. The Hall–Kier alpha value is -1.42. The third-order valence-corrected chi connectivity index (χ3v) is 3.77. The molecule has 0 aliphatic carbocycles. The molecule has 1 N–H and O–H groups in total. The minimum absolute atomic E-state index is 0. The lowest BCUT2D eigenvalue weighted by Crippen LogP contribution is -2.39. The zero-order chi connectivity index (χ0) is 15.9. The van der Waals surface area contributed by atoms with Gasteiger partial charge in [-0.3, -0.25) is 15.1 Å². The van der Waals surface area contributed by atoms with Gasteiger partial charge in [-0.1, -0.05) is 12.1 Å². The maximum Gasteiger partial charge on any atom is 0.269 e. The lowest BCUT2D eigenvalue weighted by atomic mass is 10.1. The van der Waals surface area contributed by atoms with Crippen molar-refractivity contribution in [2.24, 2.45) is 10.9 Å². The summed E-state index contributed by atoms with van der Waals surface area (Å²) in [5.74, 6) is 1.35. The van der Waals surface area contributed by atoms with Crippen LogP contribution < -0.4 is 5.32 Å². The van der Waals surface area contributed by atoms with Gasteiger partial charge in [-0.05, 0) is 12.0 Å². The van der Waals surface area contributed by atoms with Crippen LogP contribution in [0.15, 0.2) is 29.3 Å². The summed E-state index contributed by atoms with van der Waals surface area (Å²) in [6.45, 7) is 3.14. The molecular weight excluding hydrogens is 411 g/mol. The fraction of sp³-hybridized carbons (Fsp3) is 0.533. The van der Waals surface area contributed by atoms with Crippen LogP contribution in [0.25, 0.3) is 0 Å². The van der Waals surface area contributed by atoms with Gasteiger partial charge in [0.25, 0.3) is 5.69 Å². The number of non-ortho nitro benzene ring substituents is 1. The number of nitro benzene ring substituents is 1. The van der Waals surface area contributed by atoms with Crippen LogP contribution in [0.2, 0.25) is 0 Å². The highest BCUT2D eigenvalue weighted by molar-refractivity contribution is 14.0. The zero-order valence-electron chi connectivity index (χ0n) is 13.4. The standard InChI is InChI=1S/C15H22N4O3.HI/c1-16-15(18-7-6-13(10-18)11-22-2)17-9-12-4-3-5-14(8-12)19(20)21;/h3-5,8,13H,6-7,9-11H2,1-2H3,(H,16,17);1H. The van der Waals surface area contributed by atoms with E-state index in [1.807, 2.05) is 6.07 Å². The topological polar surface area (TPSA) is 80.0 Å². The molecule has 2 rings (SSSR count). The molecule has 23 heavy (non-hydrogen) atoms. The summed E-state index contributed by atoms with van der Waals surface area (Å²) in [5, 5.41) is 14.1. The molecule has 0 saturated carbocycles. The highest BCUT2D eigenvalue weighted by Crippen LogP contribution is 2.17. The summed E-state index contributed by atoms with van der Waals surface area (Å²) in [7, 11) is 3.47. The van der Waals surface area contributed by atoms with E-state index in [0.717, 1.165) is 37.6 Å². The van der Waals surface area contributed by atoms with E-state index in [4.69, 9.17) is 4.74 Å². The average Bonchev–Trinajstić information content (AvgIpc) is 2.97. The highest BCUT2D eigenvalue weighted by atomic mass is 127. The van der Waals surface area contributed by atoms with Gasteiger partial charge < -0.3 is 15.0 Å². The van der Waals surface area contributed by atoms with E-state index in [-0.39, 0.29) is 34.6 Å². The number of guanidine groups is 1. The molecule has 8 heteroatoms. The Morgan fingerprint density at radius 1 is 1.57 bits per heavy atom. The minimum atomic E-state index is -0.381. The van der Waals surface area contributed by atoms with E-state index < -0.39 is 0 Å². The molecule has 1 atom stereocenters. The summed E-state index contributed by atoms with van der Waals surface area (Å²) in [5.41, 5.74) is 0.971. The van der Waals surface area contributed by atoms with Crippen molar-refractivity contribution in [3.63, 3.8) is 0 Å². The number of nitrogens with zero attached hydrogens (tertiary/aromatic N) is 3. The van der Waals surface area contributed by atoms with E-state index in [1.54, 1.807) is 26.3 Å². The summed E-state index contributed by atoms with van der Waals surface area (Å²) in [6, 6.07) is 6.64. The molecule has 1 aromatic carbocycles. The predicted octanol–water partition coefficient (Wildman–Crippen LogP) is 2.26. The molecule has 1 aliphatic rings. The molecule has 7 nitrogen and oxygen atoms in total. The maximum absolute atomic E-state index is 10.8. The van der Waals surface area contributed by atoms with Crippen molar-refractivity contribution in [3.8, 4) is 0 Å². The van der Waals surface area contributed by atoms with Crippen LogP contribution in [0.1, 0.15) is 12.0 Å². The number of hydrogen-bond donors (Lipinski definition) is 1. The van der Waals surface area contributed by atoms with Crippen molar-refractivity contribution in [3.05, 3.63) is 39.9 Å². The molecule has 1 aromatic rings. The smallest absolute Gasteiger partial charge is 0.269 e. The second-order valence-corrected chi connectivity index (χ2v) is 5.38. The predicted molar refractivity (Wildman–Crippen MR) is 100 cm³/mol. The molecule has 128 valence electrons. The van der Waals surface area contributed by atoms with Gasteiger partial charge in [0.05, 0.1) is 11.5 Å². The Kier molecular flexibility index (Phi) is 8.24. The van der Waals surface area contributed by atoms with Crippen molar-refractivity contribution >= 4 is 35.6 Å². The van der Waals surface area contributed by atoms with E-state index in [2.05, 4.69) is 15.2 Å². The van der Waals surface area contributed by atoms with Gasteiger partial charge in [-0.15, -0.1) is 24.0 Å². The second-order valence-electron chi connectivity index (χ2n) is 5.38. The van der Waals surface area contributed by atoms with E-state index in [1.165, 1.54) is 6.07 Å². The van der Waals surface area contributed by atoms with E-state index in [9.17, 15) is 10.1 Å². The molecule has 0 bridgehead atoms. The first-order valence-electron chi connectivity index (χ1n) is 7.32. The van der Waals surface area contributed by atoms with Gasteiger partial charge in [-0.2, -0.15) is 0 Å². The Bertz CT molecular complexity index is 553. The number of aliphatic imine (C=N–C) groups is 1. The van der Waals surface area contributed by atoms with Crippen molar-refractivity contribution in [1.29, 1.82) is 0 Å². The van der Waals surface area contributed by atoms with Crippen molar-refractivity contribution in [2.75, 3.05) is 33.9 Å². The number of hydrogen-bond acceptors (Lipinski definition) is 4. The fourth-order valence-electron chi connectivity index (χ4n) is 2.69. The molecule has 1 unspecified atom stereocenters. The fourth-order valence-corrected chi connectivity index (χ4v) is 2.69. The first kappa shape index (κ1) is 19.6. The minimum Gasteiger partial charge on any atom is -0.384 e. The lowest BCUT2D eigenvalue weighted by molar-refractivity contribution is -0.384. The molecule has 0 spiro atoms. The van der Waals surface area contributed by atoms with Gasteiger partial charge in [0.15, 0.2) is 5.96 Å². The van der Waals surface area contributed by atoms with Gasteiger partial charge in [-0.25, -0.2) is 0 Å². The second kappa shape index (κ2) is 9.66. The van der Waals surface area contributed by atoms with Crippen LogP contribution in [-0.4, -0.2) is 49.6 Å². The van der Waals surface area contributed by atoms with Crippen LogP contribution in [0.4, 0.5) is 5.69 Å². The number of ether oxygens (including phenoxy) is 1. The van der Waals surface area contributed by atoms with Crippen LogP contribution >= 0.6 is 24.0 Å². The Labute approximate surface area is 153 Å². The van der Waals surface area contributed by atoms with Crippen LogP contribution in [-0.2, 0) is 11.3 Å². The lowest BCUT2D eigenvalue weighted by Gasteiger charge is -2.21. The van der Waals surface area contributed by atoms with Gasteiger partial charge in [0.2, 0.25) is 0 Å². The summed E-state index contributed by atoms with van der Waals surface area (Å²) in [6.07, 6.45) is 1.09. The third-order valence-electron chi connectivity index (χ3n) is 3.77. The number of nitrogens with one attached hydrogen (secondary N) is 1. The maximum atomic E-state index is 10.8. The van der Waals surface area contributed by atoms with Crippen LogP contribution in [0.3, 0.4) is 0 Å². The molecule has 1 heterocycles. The normalized spacial score (nSPS) is 17.7. The Morgan fingerprint density at radius 3 is 3.00 bits per heavy atom. The molecule has 1 aliphatic heterocycles. The molecular formula is C15H23IN4O3. The van der Waals surface area contributed by atoms with Gasteiger partial charge in [0, 0.05) is 51.8 Å². The summed E-state index contributed by atoms with van der Waals surface area (Å²) in [4.78, 5) is 16.9. The highest BCUT2D eigenvalue weighted by Gasteiger charge is 2.24. The van der Waals surface area contributed by atoms with Crippen molar-refractivity contribution in [2.45, 2.75) is 13.0 Å². The van der Waals surface area contributed by atoms with Crippen LogP contribution in [0, 0.1) is 16.0 Å². The number of likely N-dealkylation sites (tertiary alicyclic amines) is 1. The molecule has 0 amide bonds. The monoisotopic (exact) mass is 434 g/mol. The number of rotatable bonds is 5.